The Balaban J connectivity index is 2.67. The summed E-state index contributed by atoms with van der Waals surface area (Å²) in [5.41, 5.74) is 7.10. The van der Waals surface area contributed by atoms with Crippen LogP contribution in [0, 0.1) is 0 Å². The van der Waals surface area contributed by atoms with E-state index in [1.807, 2.05) is 13.0 Å². The van der Waals surface area contributed by atoms with Gasteiger partial charge in [-0.3, -0.25) is 9.59 Å². The van der Waals surface area contributed by atoms with Crippen LogP contribution in [0.25, 0.3) is 0 Å². The summed E-state index contributed by atoms with van der Waals surface area (Å²) in [5.74, 6) is -1.11. The van der Waals surface area contributed by atoms with Gasteiger partial charge in [-0.05, 0) is 17.5 Å². The smallest absolute Gasteiger partial charge is 0.307 e. The summed E-state index contributed by atoms with van der Waals surface area (Å²) < 4.78 is 0. The van der Waals surface area contributed by atoms with Crippen LogP contribution in [0.2, 0.25) is 0 Å². The molecule has 0 spiro atoms. The monoisotopic (exact) mass is 250 g/mol. The first-order valence-corrected chi connectivity index (χ1v) is 5.86. The molecule has 0 heterocycles. The Hall–Kier alpha value is -1.88. The minimum absolute atomic E-state index is 0.0497. The summed E-state index contributed by atoms with van der Waals surface area (Å²) in [7, 11) is 0. The molecule has 0 saturated heterocycles. The highest BCUT2D eigenvalue weighted by Crippen LogP contribution is 2.09. The Morgan fingerprint density at radius 3 is 2.50 bits per heavy atom. The van der Waals surface area contributed by atoms with Gasteiger partial charge in [0.2, 0.25) is 5.91 Å². The van der Waals surface area contributed by atoms with Gasteiger partial charge in [0.25, 0.3) is 0 Å². The van der Waals surface area contributed by atoms with Crippen LogP contribution < -0.4 is 11.1 Å². The summed E-state index contributed by atoms with van der Waals surface area (Å²) in [6, 6.07) is 6.62. The minimum Gasteiger partial charge on any atom is -0.481 e. The number of hydrogen-bond acceptors (Lipinski definition) is 3. The molecule has 0 aliphatic carbocycles. The lowest BCUT2D eigenvalue weighted by molar-refractivity contribution is -0.136. The van der Waals surface area contributed by atoms with E-state index in [0.29, 0.717) is 18.5 Å². The fourth-order valence-electron chi connectivity index (χ4n) is 1.56. The Kier molecular flexibility index (Phi) is 5.32. The molecule has 1 atom stereocenters. The molecule has 0 fully saturated rings. The van der Waals surface area contributed by atoms with E-state index in [4.69, 9.17) is 10.8 Å². The van der Waals surface area contributed by atoms with Gasteiger partial charge in [-0.15, -0.1) is 0 Å². The van der Waals surface area contributed by atoms with Gasteiger partial charge >= 0.3 is 5.97 Å². The highest BCUT2D eigenvalue weighted by Gasteiger charge is 2.11. The van der Waals surface area contributed by atoms with Crippen LogP contribution in [0.3, 0.4) is 0 Å². The number of carbonyl (C=O) groups excluding carboxylic acids is 1. The van der Waals surface area contributed by atoms with E-state index >= 15 is 0 Å². The van der Waals surface area contributed by atoms with Crippen molar-refractivity contribution in [1.82, 2.24) is 5.32 Å². The first-order valence-electron chi connectivity index (χ1n) is 5.86. The summed E-state index contributed by atoms with van der Waals surface area (Å²) >= 11 is 0. The fraction of sp³-hybridized carbons (Fsp3) is 0.385. The molecule has 1 aromatic carbocycles. The van der Waals surface area contributed by atoms with Crippen molar-refractivity contribution in [3.05, 3.63) is 35.4 Å². The number of aliphatic carboxylic acids is 1. The third-order valence-electron chi connectivity index (χ3n) is 2.69. The predicted molar refractivity (Wildman–Crippen MR) is 67.9 cm³/mol. The molecular weight excluding hydrogens is 232 g/mol. The Morgan fingerprint density at radius 2 is 1.94 bits per heavy atom. The normalized spacial score (nSPS) is 11.9. The van der Waals surface area contributed by atoms with Gasteiger partial charge in [-0.2, -0.15) is 0 Å². The molecule has 98 valence electrons. The zero-order valence-electron chi connectivity index (χ0n) is 10.3. The molecule has 0 aromatic heterocycles. The molecule has 0 aliphatic heterocycles. The van der Waals surface area contributed by atoms with E-state index in [2.05, 4.69) is 5.32 Å². The zero-order chi connectivity index (χ0) is 13.5. The van der Waals surface area contributed by atoms with Crippen molar-refractivity contribution in [1.29, 1.82) is 0 Å². The van der Waals surface area contributed by atoms with E-state index < -0.39 is 12.0 Å². The van der Waals surface area contributed by atoms with Crippen LogP contribution in [-0.4, -0.2) is 23.0 Å². The molecule has 0 saturated carbocycles. The molecule has 0 radical (unpaired) electrons. The van der Waals surface area contributed by atoms with Gasteiger partial charge in [0.05, 0.1) is 12.5 Å². The number of nitrogens with two attached hydrogens (primary N) is 1. The summed E-state index contributed by atoms with van der Waals surface area (Å²) in [6.45, 7) is 2.14. The number of carboxylic acid groups (broad SMARTS) is 1. The van der Waals surface area contributed by atoms with Crippen molar-refractivity contribution in [3.8, 4) is 0 Å². The van der Waals surface area contributed by atoms with Crippen LogP contribution in [0.1, 0.15) is 24.5 Å². The van der Waals surface area contributed by atoms with Crippen LogP contribution in [-0.2, 0) is 22.6 Å². The number of hydrogen-bond donors (Lipinski definition) is 3. The van der Waals surface area contributed by atoms with E-state index in [1.54, 1.807) is 18.2 Å². The molecule has 1 amide bonds. The number of carboxylic acids is 1. The van der Waals surface area contributed by atoms with Crippen LogP contribution in [0.5, 0.6) is 0 Å². The molecule has 0 unspecified atom stereocenters. The summed E-state index contributed by atoms with van der Waals surface area (Å²) in [6.07, 6.45) is 0.522. The number of rotatable bonds is 6. The lowest BCUT2D eigenvalue weighted by atomic mass is 10.0. The number of amides is 1. The average Bonchev–Trinajstić information content (AvgIpc) is 2.35. The molecule has 4 N–H and O–H groups in total. The number of nitrogens with one attached hydrogen (secondary N) is 1. The number of benzene rings is 1. The molecule has 1 aromatic rings. The quantitative estimate of drug-likeness (QED) is 0.691. The second-order valence-corrected chi connectivity index (χ2v) is 4.07. The van der Waals surface area contributed by atoms with Crippen LogP contribution in [0.15, 0.2) is 24.3 Å². The van der Waals surface area contributed by atoms with Crippen molar-refractivity contribution in [2.45, 2.75) is 32.4 Å². The average molecular weight is 250 g/mol. The Labute approximate surface area is 106 Å². The van der Waals surface area contributed by atoms with E-state index in [-0.39, 0.29) is 12.3 Å². The van der Waals surface area contributed by atoms with Gasteiger partial charge in [-0.25, -0.2) is 0 Å². The van der Waals surface area contributed by atoms with Gasteiger partial charge in [0.15, 0.2) is 0 Å². The minimum atomic E-state index is -0.890. The van der Waals surface area contributed by atoms with E-state index in [1.165, 1.54) is 0 Å². The zero-order valence-corrected chi connectivity index (χ0v) is 10.3. The van der Waals surface area contributed by atoms with Crippen molar-refractivity contribution >= 4 is 11.9 Å². The molecule has 5 heteroatoms. The van der Waals surface area contributed by atoms with E-state index in [9.17, 15) is 9.59 Å². The Morgan fingerprint density at radius 1 is 1.33 bits per heavy atom. The third-order valence-corrected chi connectivity index (χ3v) is 2.69. The SMILES string of the molecule is CC[C@@H](N)C(=O)NCc1ccccc1CC(=O)O. The van der Waals surface area contributed by atoms with Crippen molar-refractivity contribution in [2.75, 3.05) is 0 Å². The fourth-order valence-corrected chi connectivity index (χ4v) is 1.56. The molecule has 0 aliphatic rings. The lowest BCUT2D eigenvalue weighted by Crippen LogP contribution is -2.39. The van der Waals surface area contributed by atoms with Crippen LogP contribution in [0.4, 0.5) is 0 Å². The Bertz CT molecular complexity index is 432. The topological polar surface area (TPSA) is 92.4 Å². The standard InChI is InChI=1S/C13H18N2O3/c1-2-11(14)13(18)15-8-10-6-4-3-5-9(10)7-12(16)17/h3-6,11H,2,7-8,14H2,1H3,(H,15,18)(H,16,17)/t11-/m1/s1. The highest BCUT2D eigenvalue weighted by molar-refractivity contribution is 5.81. The third kappa shape index (κ3) is 4.18. The summed E-state index contributed by atoms with van der Waals surface area (Å²) in [4.78, 5) is 22.2. The second kappa shape index (κ2) is 6.76. The first-order chi connectivity index (χ1) is 8.54. The molecule has 18 heavy (non-hydrogen) atoms. The maximum absolute atomic E-state index is 11.5. The van der Waals surface area contributed by atoms with Crippen molar-refractivity contribution < 1.29 is 14.7 Å². The van der Waals surface area contributed by atoms with Gasteiger partial charge < -0.3 is 16.2 Å². The molecule has 1 rings (SSSR count). The van der Waals surface area contributed by atoms with Crippen molar-refractivity contribution in [3.63, 3.8) is 0 Å². The highest BCUT2D eigenvalue weighted by atomic mass is 16.4. The van der Waals surface area contributed by atoms with Gasteiger partial charge in [-0.1, -0.05) is 31.2 Å². The molecular formula is C13H18N2O3. The van der Waals surface area contributed by atoms with Gasteiger partial charge in [0, 0.05) is 6.54 Å². The van der Waals surface area contributed by atoms with Crippen LogP contribution >= 0.6 is 0 Å². The molecule has 5 nitrogen and oxygen atoms in total. The summed E-state index contributed by atoms with van der Waals surface area (Å²) in [5, 5.41) is 11.5. The lowest BCUT2D eigenvalue weighted by Gasteiger charge is -2.12. The van der Waals surface area contributed by atoms with Crippen molar-refractivity contribution in [2.24, 2.45) is 5.73 Å². The maximum Gasteiger partial charge on any atom is 0.307 e. The molecule has 0 bridgehead atoms. The first kappa shape index (κ1) is 14.2. The number of carbonyl (C=O) groups is 2. The predicted octanol–water partition coefficient (Wildman–Crippen LogP) is 0.667. The second-order valence-electron chi connectivity index (χ2n) is 4.07. The largest absolute Gasteiger partial charge is 0.481 e. The van der Waals surface area contributed by atoms with E-state index in [0.717, 1.165) is 5.56 Å². The van der Waals surface area contributed by atoms with Gasteiger partial charge in [0.1, 0.15) is 0 Å². The maximum atomic E-state index is 11.5.